The Morgan fingerprint density at radius 2 is 2.00 bits per heavy atom. The van der Waals surface area contributed by atoms with Crippen molar-refractivity contribution in [2.45, 2.75) is 13.8 Å². The minimum absolute atomic E-state index is 0.0652. The molecule has 0 atom stereocenters. The number of nitrogens with zero attached hydrogens (tertiary/aromatic N) is 3. The smallest absolute Gasteiger partial charge is 0.163 e. The number of carbonyl (C=O) groups excluding carboxylic acids is 1. The molecule has 2 heterocycles. The van der Waals surface area contributed by atoms with E-state index in [-0.39, 0.29) is 11.3 Å². The van der Waals surface area contributed by atoms with Crippen molar-refractivity contribution >= 4 is 17.3 Å². The minimum Gasteiger partial charge on any atom is -0.340 e. The molecule has 0 aliphatic rings. The minimum atomic E-state index is -0.564. The molecule has 24 heavy (non-hydrogen) atoms. The van der Waals surface area contributed by atoms with Crippen molar-refractivity contribution in [3.63, 3.8) is 0 Å². The molecular weight excluding hydrogens is 307 g/mol. The number of pyridine rings is 1. The number of halogens is 1. The zero-order valence-corrected chi connectivity index (χ0v) is 13.2. The zero-order chi connectivity index (χ0) is 17.1. The molecule has 120 valence electrons. The van der Waals surface area contributed by atoms with E-state index in [4.69, 9.17) is 0 Å². The van der Waals surface area contributed by atoms with Crippen LogP contribution in [-0.2, 0) is 0 Å². The fourth-order valence-electron chi connectivity index (χ4n) is 2.28. The molecule has 0 spiro atoms. The number of hydrogen-bond acceptors (Lipinski definition) is 5. The van der Waals surface area contributed by atoms with Gasteiger partial charge in [0.05, 0.1) is 5.56 Å². The number of Topliss-reactive ketones (excluding diaryl/α,β-unsaturated/α-hetero) is 1. The molecule has 6 heteroatoms. The lowest BCUT2D eigenvalue weighted by Gasteiger charge is -2.09. The summed E-state index contributed by atoms with van der Waals surface area (Å²) in [6.45, 7) is 3.19. The van der Waals surface area contributed by atoms with Crippen LogP contribution in [0.5, 0.6) is 0 Å². The highest BCUT2D eigenvalue weighted by Crippen LogP contribution is 2.21. The molecule has 0 fully saturated rings. The number of benzene rings is 1. The summed E-state index contributed by atoms with van der Waals surface area (Å²) in [5.74, 6) is 0.198. The summed E-state index contributed by atoms with van der Waals surface area (Å²) in [6.07, 6.45) is 3.36. The van der Waals surface area contributed by atoms with Crippen molar-refractivity contribution in [3.8, 4) is 11.4 Å². The highest BCUT2D eigenvalue weighted by molar-refractivity contribution is 5.94. The van der Waals surface area contributed by atoms with Gasteiger partial charge in [-0.3, -0.25) is 9.78 Å². The van der Waals surface area contributed by atoms with E-state index in [9.17, 15) is 9.18 Å². The summed E-state index contributed by atoms with van der Waals surface area (Å²) in [6, 6.07) is 9.81. The third-order valence-corrected chi connectivity index (χ3v) is 3.39. The Bertz CT molecular complexity index is 897. The van der Waals surface area contributed by atoms with Crippen molar-refractivity contribution in [1.82, 2.24) is 15.0 Å². The van der Waals surface area contributed by atoms with Gasteiger partial charge in [0.15, 0.2) is 11.6 Å². The lowest BCUT2D eigenvalue weighted by molar-refractivity contribution is 0.101. The maximum absolute atomic E-state index is 13.9. The van der Waals surface area contributed by atoms with Crippen LogP contribution >= 0.6 is 0 Å². The van der Waals surface area contributed by atoms with E-state index >= 15 is 0 Å². The SMILES string of the molecule is CC(=O)c1ccc(Nc2cc(C)nc(-c3cccnc3)n2)cc1F. The number of hydrogen-bond donors (Lipinski definition) is 1. The molecule has 0 unspecified atom stereocenters. The summed E-state index contributed by atoms with van der Waals surface area (Å²) < 4.78 is 13.9. The fourth-order valence-corrected chi connectivity index (χ4v) is 2.28. The van der Waals surface area contributed by atoms with Gasteiger partial charge in [0.25, 0.3) is 0 Å². The van der Waals surface area contributed by atoms with Crippen molar-refractivity contribution in [2.75, 3.05) is 5.32 Å². The fraction of sp³-hybridized carbons (Fsp3) is 0.111. The zero-order valence-electron chi connectivity index (χ0n) is 13.2. The molecule has 0 aliphatic carbocycles. The third-order valence-electron chi connectivity index (χ3n) is 3.39. The van der Waals surface area contributed by atoms with Crippen LogP contribution in [0.4, 0.5) is 15.9 Å². The topological polar surface area (TPSA) is 67.8 Å². The first-order valence-corrected chi connectivity index (χ1v) is 7.36. The lowest BCUT2D eigenvalue weighted by Crippen LogP contribution is -2.01. The van der Waals surface area contributed by atoms with Crippen molar-refractivity contribution in [1.29, 1.82) is 0 Å². The van der Waals surface area contributed by atoms with E-state index in [0.29, 0.717) is 17.3 Å². The molecule has 3 aromatic rings. The number of anilines is 2. The van der Waals surface area contributed by atoms with Crippen LogP contribution in [0.25, 0.3) is 11.4 Å². The summed E-state index contributed by atoms with van der Waals surface area (Å²) in [7, 11) is 0. The van der Waals surface area contributed by atoms with Gasteiger partial charge in [-0.2, -0.15) is 0 Å². The molecule has 0 radical (unpaired) electrons. The molecule has 3 rings (SSSR count). The monoisotopic (exact) mass is 322 g/mol. The van der Waals surface area contributed by atoms with Crippen LogP contribution in [0.15, 0.2) is 48.8 Å². The largest absolute Gasteiger partial charge is 0.340 e. The van der Waals surface area contributed by atoms with Crippen LogP contribution < -0.4 is 5.32 Å². The van der Waals surface area contributed by atoms with E-state index in [1.165, 1.54) is 19.1 Å². The molecule has 5 nitrogen and oxygen atoms in total. The Kier molecular flexibility index (Phi) is 4.29. The maximum Gasteiger partial charge on any atom is 0.163 e. The number of rotatable bonds is 4. The summed E-state index contributed by atoms with van der Waals surface area (Å²) in [5.41, 5.74) is 2.14. The van der Waals surface area contributed by atoms with E-state index in [1.54, 1.807) is 24.5 Å². The average molecular weight is 322 g/mol. The molecule has 0 saturated carbocycles. The predicted octanol–water partition coefficient (Wildman–Crippen LogP) is 3.93. The van der Waals surface area contributed by atoms with Gasteiger partial charge in [-0.25, -0.2) is 14.4 Å². The predicted molar refractivity (Wildman–Crippen MR) is 89.7 cm³/mol. The summed E-state index contributed by atoms with van der Waals surface area (Å²) in [4.78, 5) is 24.2. The van der Waals surface area contributed by atoms with Gasteiger partial charge >= 0.3 is 0 Å². The van der Waals surface area contributed by atoms with Crippen LogP contribution in [0.3, 0.4) is 0 Å². The highest BCUT2D eigenvalue weighted by atomic mass is 19.1. The molecular formula is C18H15FN4O. The highest BCUT2D eigenvalue weighted by Gasteiger charge is 2.09. The number of nitrogens with one attached hydrogen (secondary N) is 1. The van der Waals surface area contributed by atoms with Crippen LogP contribution in [0.2, 0.25) is 0 Å². The standard InChI is InChI=1S/C18H15FN4O/c1-11-8-17(23-18(21-11)13-4-3-7-20-10-13)22-14-5-6-15(12(2)24)16(19)9-14/h3-10H,1-2H3,(H,21,22,23). The maximum atomic E-state index is 13.9. The number of aromatic nitrogens is 3. The first-order valence-electron chi connectivity index (χ1n) is 7.36. The van der Waals surface area contributed by atoms with Gasteiger partial charge in [0.1, 0.15) is 11.6 Å². The lowest BCUT2D eigenvalue weighted by atomic mass is 10.1. The molecule has 1 N–H and O–H groups in total. The van der Waals surface area contributed by atoms with Gasteiger partial charge in [0.2, 0.25) is 0 Å². The Morgan fingerprint density at radius 1 is 1.17 bits per heavy atom. The normalized spacial score (nSPS) is 10.5. The van der Waals surface area contributed by atoms with Crippen molar-refractivity contribution < 1.29 is 9.18 Å². The molecule has 2 aromatic heterocycles. The third kappa shape index (κ3) is 3.43. The van der Waals surface area contributed by atoms with E-state index in [2.05, 4.69) is 20.3 Å². The van der Waals surface area contributed by atoms with Crippen molar-refractivity contribution in [2.24, 2.45) is 0 Å². The first-order chi connectivity index (χ1) is 11.5. The van der Waals surface area contributed by atoms with E-state index < -0.39 is 5.82 Å². The molecule has 0 aliphatic heterocycles. The van der Waals surface area contributed by atoms with Gasteiger partial charge in [0, 0.05) is 35.4 Å². The summed E-state index contributed by atoms with van der Waals surface area (Å²) in [5, 5.41) is 3.04. The number of aryl methyl sites for hydroxylation is 1. The van der Waals surface area contributed by atoms with E-state index in [0.717, 1.165) is 11.3 Å². The Hall–Kier alpha value is -3.15. The second kappa shape index (κ2) is 6.54. The Morgan fingerprint density at radius 3 is 2.67 bits per heavy atom. The molecule has 1 aromatic carbocycles. The van der Waals surface area contributed by atoms with Crippen LogP contribution in [-0.4, -0.2) is 20.7 Å². The van der Waals surface area contributed by atoms with Gasteiger partial charge < -0.3 is 5.32 Å². The molecule has 0 bridgehead atoms. The van der Waals surface area contributed by atoms with Gasteiger partial charge in [-0.05, 0) is 44.2 Å². The van der Waals surface area contributed by atoms with Crippen molar-refractivity contribution in [3.05, 3.63) is 65.9 Å². The summed E-state index contributed by atoms with van der Waals surface area (Å²) >= 11 is 0. The first kappa shape index (κ1) is 15.7. The average Bonchev–Trinajstić information content (AvgIpc) is 2.55. The van der Waals surface area contributed by atoms with Crippen LogP contribution in [0.1, 0.15) is 23.0 Å². The second-order valence-corrected chi connectivity index (χ2v) is 5.34. The van der Waals surface area contributed by atoms with Crippen LogP contribution in [0, 0.1) is 12.7 Å². The quantitative estimate of drug-likeness (QED) is 0.737. The Labute approximate surface area is 138 Å². The van der Waals surface area contributed by atoms with Gasteiger partial charge in [-0.15, -0.1) is 0 Å². The van der Waals surface area contributed by atoms with E-state index in [1.807, 2.05) is 19.1 Å². The molecule has 0 amide bonds. The molecule has 0 saturated heterocycles. The Balaban J connectivity index is 1.92. The number of ketones is 1. The van der Waals surface area contributed by atoms with Gasteiger partial charge in [-0.1, -0.05) is 0 Å². The number of carbonyl (C=O) groups is 1. The second-order valence-electron chi connectivity index (χ2n) is 5.34.